The molecule has 0 bridgehead atoms. The number of nitrogens with one attached hydrogen (secondary N) is 1. The molecule has 1 aromatic carbocycles. The van der Waals surface area contributed by atoms with Crippen LogP contribution in [0.2, 0.25) is 0 Å². The average molecular weight is 409 g/mol. The third-order valence-corrected chi connectivity index (χ3v) is 2.49. The molecule has 1 rings (SSSR count). The van der Waals surface area contributed by atoms with Crippen molar-refractivity contribution in [2.45, 2.75) is 13.2 Å². The zero-order chi connectivity index (χ0) is 15.0. The summed E-state index contributed by atoms with van der Waals surface area (Å²) in [4.78, 5) is 5.97. The number of benzene rings is 1. The largest absolute Gasteiger partial charge is 0.435 e. The second kappa shape index (κ2) is 10.2. The van der Waals surface area contributed by atoms with Crippen molar-refractivity contribution in [3.05, 3.63) is 29.8 Å². The molecule has 1 N–H and O–H groups in total. The van der Waals surface area contributed by atoms with Crippen molar-refractivity contribution in [1.82, 2.24) is 10.2 Å². The lowest BCUT2D eigenvalue weighted by Crippen LogP contribution is -2.38. The summed E-state index contributed by atoms with van der Waals surface area (Å²) in [5.41, 5.74) is 0.942. The zero-order valence-electron chi connectivity index (χ0n) is 11.8. The molecule has 4 nitrogen and oxygen atoms in total. The quantitative estimate of drug-likeness (QED) is 0.352. The van der Waals surface area contributed by atoms with Gasteiger partial charge in [0.05, 0.1) is 6.54 Å². The number of rotatable bonds is 5. The minimum atomic E-state index is -2.81. The predicted octanol–water partition coefficient (Wildman–Crippen LogP) is 2.55. The highest BCUT2D eigenvalue weighted by molar-refractivity contribution is 14.0. The summed E-state index contributed by atoms with van der Waals surface area (Å²) in [5, 5.41) is 2.99. The van der Waals surface area contributed by atoms with Gasteiger partial charge in [-0.05, 0) is 17.7 Å². The van der Waals surface area contributed by atoms with Crippen LogP contribution in [-0.4, -0.2) is 38.1 Å². The van der Waals surface area contributed by atoms with Gasteiger partial charge in [0.15, 0.2) is 5.96 Å². The smallest absolute Gasteiger partial charge is 0.387 e. The van der Waals surface area contributed by atoms with Gasteiger partial charge in [-0.15, -0.1) is 30.4 Å². The van der Waals surface area contributed by atoms with Crippen LogP contribution in [-0.2, 0) is 6.54 Å². The Morgan fingerprint density at radius 1 is 1.43 bits per heavy atom. The van der Waals surface area contributed by atoms with Crippen molar-refractivity contribution < 1.29 is 13.5 Å². The van der Waals surface area contributed by atoms with Gasteiger partial charge in [0.25, 0.3) is 0 Å². The van der Waals surface area contributed by atoms with E-state index in [-0.39, 0.29) is 29.7 Å². The summed E-state index contributed by atoms with van der Waals surface area (Å²) >= 11 is 0. The Morgan fingerprint density at radius 3 is 2.52 bits per heavy atom. The van der Waals surface area contributed by atoms with Crippen molar-refractivity contribution in [1.29, 1.82) is 0 Å². The third-order valence-electron chi connectivity index (χ3n) is 2.49. The summed E-state index contributed by atoms with van der Waals surface area (Å²) in [6, 6.07) is 6.46. The normalized spacial score (nSPS) is 10.6. The second-order valence-electron chi connectivity index (χ2n) is 3.98. The minimum absolute atomic E-state index is 0. The number of halogens is 3. The second-order valence-corrected chi connectivity index (χ2v) is 3.98. The number of aliphatic imine (C=N–C) groups is 1. The van der Waals surface area contributed by atoms with Gasteiger partial charge in [-0.2, -0.15) is 8.78 Å². The van der Waals surface area contributed by atoms with E-state index >= 15 is 0 Å². The molecule has 0 aliphatic heterocycles. The van der Waals surface area contributed by atoms with E-state index in [9.17, 15) is 8.78 Å². The van der Waals surface area contributed by atoms with Gasteiger partial charge in [-0.3, -0.25) is 4.99 Å². The van der Waals surface area contributed by atoms with Crippen LogP contribution in [0.3, 0.4) is 0 Å². The average Bonchev–Trinajstić information content (AvgIpc) is 2.41. The number of ether oxygens (including phenoxy) is 1. The molecule has 21 heavy (non-hydrogen) atoms. The summed E-state index contributed by atoms with van der Waals surface area (Å²) in [6.07, 6.45) is 5.18. The van der Waals surface area contributed by atoms with Crippen molar-refractivity contribution in [3.8, 4) is 18.1 Å². The highest BCUT2D eigenvalue weighted by Gasteiger charge is 2.07. The van der Waals surface area contributed by atoms with Gasteiger partial charge in [-0.1, -0.05) is 18.1 Å². The molecule has 0 unspecified atom stereocenters. The van der Waals surface area contributed by atoms with Gasteiger partial charge < -0.3 is 15.0 Å². The molecule has 116 valence electrons. The molecule has 0 aliphatic carbocycles. The topological polar surface area (TPSA) is 36.9 Å². The van der Waals surface area contributed by atoms with Crippen LogP contribution in [0, 0.1) is 12.3 Å². The van der Waals surface area contributed by atoms with E-state index in [1.165, 1.54) is 12.1 Å². The molecule has 0 saturated heterocycles. The fourth-order valence-electron chi connectivity index (χ4n) is 1.64. The first-order valence-electron chi connectivity index (χ1n) is 5.95. The first-order chi connectivity index (χ1) is 9.56. The highest BCUT2D eigenvalue weighted by atomic mass is 127. The molecule has 0 fully saturated rings. The van der Waals surface area contributed by atoms with E-state index in [1.54, 1.807) is 19.2 Å². The van der Waals surface area contributed by atoms with Crippen molar-refractivity contribution in [2.24, 2.45) is 4.99 Å². The lowest BCUT2D eigenvalue weighted by atomic mass is 10.2. The third kappa shape index (κ3) is 7.13. The number of hydrogen-bond donors (Lipinski definition) is 1. The molecule has 1 aromatic rings. The van der Waals surface area contributed by atoms with Crippen LogP contribution in [0.4, 0.5) is 8.78 Å². The summed E-state index contributed by atoms with van der Waals surface area (Å²) in [5.74, 6) is 3.27. The van der Waals surface area contributed by atoms with Gasteiger partial charge in [0, 0.05) is 20.6 Å². The summed E-state index contributed by atoms with van der Waals surface area (Å²) < 4.78 is 28.4. The molecule has 0 heterocycles. The van der Waals surface area contributed by atoms with Crippen LogP contribution >= 0.6 is 24.0 Å². The lowest BCUT2D eigenvalue weighted by molar-refractivity contribution is -0.0498. The SMILES string of the molecule is C#CCNC(=NC)N(C)Cc1ccc(OC(F)F)cc1.I. The molecule has 0 saturated carbocycles. The van der Waals surface area contributed by atoms with Crippen molar-refractivity contribution in [2.75, 3.05) is 20.6 Å². The maximum atomic E-state index is 12.0. The van der Waals surface area contributed by atoms with E-state index in [0.29, 0.717) is 19.0 Å². The highest BCUT2D eigenvalue weighted by Crippen LogP contribution is 2.15. The molecule has 0 aromatic heterocycles. The maximum absolute atomic E-state index is 12.0. The van der Waals surface area contributed by atoms with E-state index in [0.717, 1.165) is 5.56 Å². The van der Waals surface area contributed by atoms with Gasteiger partial charge in [-0.25, -0.2) is 0 Å². The fourth-order valence-corrected chi connectivity index (χ4v) is 1.64. The molecular formula is C14H18F2IN3O. The molecule has 0 aliphatic rings. The summed E-state index contributed by atoms with van der Waals surface area (Å²) in [6.45, 7) is -1.85. The Morgan fingerprint density at radius 2 is 2.05 bits per heavy atom. The molecule has 0 amide bonds. The number of alkyl halides is 2. The summed E-state index contributed by atoms with van der Waals surface area (Å²) in [7, 11) is 3.52. The molecule has 0 spiro atoms. The van der Waals surface area contributed by atoms with Crippen LogP contribution < -0.4 is 10.1 Å². The number of nitrogens with zero attached hydrogens (tertiary/aromatic N) is 2. The lowest BCUT2D eigenvalue weighted by Gasteiger charge is -2.21. The number of terminal acetylenes is 1. The van der Waals surface area contributed by atoms with E-state index in [1.807, 2.05) is 11.9 Å². The van der Waals surface area contributed by atoms with Gasteiger partial charge in [0.2, 0.25) is 0 Å². The van der Waals surface area contributed by atoms with Crippen molar-refractivity contribution in [3.63, 3.8) is 0 Å². The Balaban J connectivity index is 0.00000400. The maximum Gasteiger partial charge on any atom is 0.387 e. The van der Waals surface area contributed by atoms with E-state index in [4.69, 9.17) is 6.42 Å². The van der Waals surface area contributed by atoms with Crippen LogP contribution in [0.1, 0.15) is 5.56 Å². The number of hydrogen-bond acceptors (Lipinski definition) is 2. The molecule has 0 radical (unpaired) electrons. The van der Waals surface area contributed by atoms with Crippen molar-refractivity contribution >= 4 is 29.9 Å². The van der Waals surface area contributed by atoms with Crippen LogP contribution in [0.15, 0.2) is 29.3 Å². The van der Waals surface area contributed by atoms with Gasteiger partial charge in [0.1, 0.15) is 5.75 Å². The predicted molar refractivity (Wildman–Crippen MR) is 90.2 cm³/mol. The fraction of sp³-hybridized carbons (Fsp3) is 0.357. The monoisotopic (exact) mass is 409 g/mol. The molecule has 7 heteroatoms. The first kappa shape index (κ1) is 19.4. The number of guanidine groups is 1. The minimum Gasteiger partial charge on any atom is -0.435 e. The first-order valence-corrected chi connectivity index (χ1v) is 5.95. The zero-order valence-corrected chi connectivity index (χ0v) is 14.2. The van der Waals surface area contributed by atoms with Crippen LogP contribution in [0.5, 0.6) is 5.75 Å². The standard InChI is InChI=1S/C14H17F2N3O.HI/c1-4-9-18-14(17-2)19(3)10-11-5-7-12(8-6-11)20-13(15)16;/h1,5-8,13H,9-10H2,2-3H3,(H,17,18);1H. The Bertz CT molecular complexity index is 486. The van der Waals surface area contributed by atoms with Gasteiger partial charge >= 0.3 is 6.61 Å². The van der Waals surface area contributed by atoms with E-state index < -0.39 is 6.61 Å². The van der Waals surface area contributed by atoms with E-state index in [2.05, 4.69) is 21.0 Å². The molecular weight excluding hydrogens is 391 g/mol. The Kier molecular flexibility index (Phi) is 9.45. The Hall–Kier alpha value is -1.56. The molecule has 0 atom stereocenters. The Labute approximate surface area is 140 Å². The van der Waals surface area contributed by atoms with Crippen LogP contribution in [0.25, 0.3) is 0 Å².